The second-order valence-electron chi connectivity index (χ2n) is 5.09. The van der Waals surface area contributed by atoms with Crippen LogP contribution in [0.15, 0.2) is 18.2 Å². The minimum atomic E-state index is -1.77. The summed E-state index contributed by atoms with van der Waals surface area (Å²) in [5, 5.41) is 18.7. The number of benzene rings is 1. The molecule has 0 saturated carbocycles. The number of rotatable bonds is 2. The maximum absolute atomic E-state index is 13.4. The van der Waals surface area contributed by atoms with Crippen molar-refractivity contribution >= 4 is 11.9 Å². The van der Waals surface area contributed by atoms with Crippen LogP contribution in [0.5, 0.6) is 0 Å². The smallest absolute Gasteiger partial charge is 0.335 e. The Morgan fingerprint density at radius 2 is 1.90 bits per heavy atom. The van der Waals surface area contributed by atoms with E-state index in [2.05, 4.69) is 0 Å². The van der Waals surface area contributed by atoms with Crippen molar-refractivity contribution in [3.05, 3.63) is 35.1 Å². The summed E-state index contributed by atoms with van der Waals surface area (Å²) in [5.74, 6) is -2.07. The monoisotopic (exact) mass is 281 g/mol. The number of aliphatic hydroxyl groups is 1. The molecule has 1 fully saturated rings. The van der Waals surface area contributed by atoms with Gasteiger partial charge in [-0.15, -0.1) is 0 Å². The van der Waals surface area contributed by atoms with Crippen LogP contribution in [0.3, 0.4) is 0 Å². The lowest BCUT2D eigenvalue weighted by Gasteiger charge is -2.35. The van der Waals surface area contributed by atoms with E-state index >= 15 is 0 Å². The summed E-state index contributed by atoms with van der Waals surface area (Å²) in [6.07, 6.45) is -0.0508. The molecule has 1 aromatic carbocycles. The summed E-state index contributed by atoms with van der Waals surface area (Å²) >= 11 is 0. The quantitative estimate of drug-likeness (QED) is 0.853. The molecule has 2 N–H and O–H groups in total. The number of aliphatic carboxylic acids is 1. The SMILES string of the molecule is Cc1ccc(C(=O)N2CCC(O)(C(=O)O)CC2)cc1F. The van der Waals surface area contributed by atoms with Gasteiger partial charge in [-0.25, -0.2) is 9.18 Å². The van der Waals surface area contributed by atoms with E-state index in [0.29, 0.717) is 5.56 Å². The largest absolute Gasteiger partial charge is 0.479 e. The lowest BCUT2D eigenvalue weighted by molar-refractivity contribution is -0.162. The molecule has 1 saturated heterocycles. The summed E-state index contributed by atoms with van der Waals surface area (Å²) in [7, 11) is 0. The molecule has 0 spiro atoms. The number of carboxylic acid groups (broad SMARTS) is 1. The zero-order valence-corrected chi connectivity index (χ0v) is 11.1. The Morgan fingerprint density at radius 3 is 2.40 bits per heavy atom. The van der Waals surface area contributed by atoms with E-state index < -0.39 is 17.4 Å². The van der Waals surface area contributed by atoms with Crippen molar-refractivity contribution in [3.8, 4) is 0 Å². The number of hydrogen-bond acceptors (Lipinski definition) is 3. The van der Waals surface area contributed by atoms with Gasteiger partial charge in [0.05, 0.1) is 0 Å². The minimum absolute atomic E-state index is 0.0254. The number of likely N-dealkylation sites (tertiary alicyclic amines) is 1. The first-order valence-electron chi connectivity index (χ1n) is 6.35. The Hall–Kier alpha value is -1.95. The molecule has 0 bridgehead atoms. The molecule has 6 heteroatoms. The molecule has 108 valence electrons. The van der Waals surface area contributed by atoms with Gasteiger partial charge in [0.1, 0.15) is 5.82 Å². The zero-order chi connectivity index (χ0) is 14.9. The highest BCUT2D eigenvalue weighted by molar-refractivity contribution is 5.94. The maximum Gasteiger partial charge on any atom is 0.335 e. The molecule has 0 aromatic heterocycles. The number of hydrogen-bond donors (Lipinski definition) is 2. The minimum Gasteiger partial charge on any atom is -0.479 e. The lowest BCUT2D eigenvalue weighted by atomic mass is 9.91. The van der Waals surface area contributed by atoms with Crippen LogP contribution >= 0.6 is 0 Å². The standard InChI is InChI=1S/C14H16FNO4/c1-9-2-3-10(8-11(9)15)12(17)16-6-4-14(20,5-7-16)13(18)19/h2-3,8,20H,4-7H2,1H3,(H,18,19). The highest BCUT2D eigenvalue weighted by Crippen LogP contribution is 2.24. The van der Waals surface area contributed by atoms with Crippen molar-refractivity contribution in [1.29, 1.82) is 0 Å². The molecular weight excluding hydrogens is 265 g/mol. The Labute approximate surface area is 115 Å². The second kappa shape index (κ2) is 5.20. The highest BCUT2D eigenvalue weighted by Gasteiger charge is 2.40. The number of amides is 1. The van der Waals surface area contributed by atoms with Crippen molar-refractivity contribution in [2.24, 2.45) is 0 Å². The fraction of sp³-hybridized carbons (Fsp3) is 0.429. The molecular formula is C14H16FNO4. The van der Waals surface area contributed by atoms with E-state index in [4.69, 9.17) is 5.11 Å². The number of aryl methyl sites for hydroxylation is 1. The maximum atomic E-state index is 13.4. The molecule has 1 aliphatic rings. The van der Waals surface area contributed by atoms with Crippen molar-refractivity contribution < 1.29 is 24.2 Å². The van der Waals surface area contributed by atoms with Gasteiger partial charge in [-0.05, 0) is 24.6 Å². The zero-order valence-electron chi connectivity index (χ0n) is 11.1. The van der Waals surface area contributed by atoms with Gasteiger partial charge in [0.15, 0.2) is 5.60 Å². The summed E-state index contributed by atoms with van der Waals surface area (Å²) in [6.45, 7) is 1.88. The van der Waals surface area contributed by atoms with Crippen molar-refractivity contribution in [2.45, 2.75) is 25.4 Å². The summed E-state index contributed by atoms with van der Waals surface area (Å²) in [5.41, 5.74) is -1.08. The van der Waals surface area contributed by atoms with Gasteiger partial charge in [-0.1, -0.05) is 6.07 Å². The van der Waals surface area contributed by atoms with Gasteiger partial charge in [0.2, 0.25) is 0 Å². The average molecular weight is 281 g/mol. The molecule has 0 unspecified atom stereocenters. The van der Waals surface area contributed by atoms with Crippen LogP contribution in [0.1, 0.15) is 28.8 Å². The van der Waals surface area contributed by atoms with Crippen LogP contribution in [-0.4, -0.2) is 45.7 Å². The van der Waals surface area contributed by atoms with Crippen LogP contribution in [0, 0.1) is 12.7 Å². The van der Waals surface area contributed by atoms with Gasteiger partial charge in [0.25, 0.3) is 5.91 Å². The van der Waals surface area contributed by atoms with E-state index in [1.165, 1.54) is 17.0 Å². The van der Waals surface area contributed by atoms with Crippen molar-refractivity contribution in [2.75, 3.05) is 13.1 Å². The number of piperidine rings is 1. The van der Waals surface area contributed by atoms with E-state index in [1.54, 1.807) is 13.0 Å². The first-order valence-corrected chi connectivity index (χ1v) is 6.35. The molecule has 20 heavy (non-hydrogen) atoms. The Bertz CT molecular complexity index is 550. The predicted octanol–water partition coefficient (Wildman–Crippen LogP) is 1.19. The molecule has 1 amide bonds. The topological polar surface area (TPSA) is 77.8 Å². The van der Waals surface area contributed by atoms with Gasteiger partial charge in [0, 0.05) is 31.5 Å². The first-order chi connectivity index (χ1) is 9.33. The van der Waals surface area contributed by atoms with E-state index in [-0.39, 0.29) is 37.4 Å². The van der Waals surface area contributed by atoms with Gasteiger partial charge >= 0.3 is 5.97 Å². The third-order valence-corrected chi connectivity index (χ3v) is 3.69. The lowest BCUT2D eigenvalue weighted by Crippen LogP contribution is -2.50. The van der Waals surface area contributed by atoms with Gasteiger partial charge < -0.3 is 15.1 Å². The molecule has 0 radical (unpaired) electrons. The van der Waals surface area contributed by atoms with Crippen LogP contribution in [0.2, 0.25) is 0 Å². The Kier molecular flexibility index (Phi) is 3.76. The Morgan fingerprint density at radius 1 is 1.30 bits per heavy atom. The van der Waals surface area contributed by atoms with Crippen molar-refractivity contribution in [3.63, 3.8) is 0 Å². The summed E-state index contributed by atoms with van der Waals surface area (Å²) < 4.78 is 13.4. The van der Waals surface area contributed by atoms with Crippen LogP contribution in [0.25, 0.3) is 0 Å². The second-order valence-corrected chi connectivity index (χ2v) is 5.09. The number of nitrogens with zero attached hydrogens (tertiary/aromatic N) is 1. The Balaban J connectivity index is 2.08. The van der Waals surface area contributed by atoms with Crippen LogP contribution < -0.4 is 0 Å². The third kappa shape index (κ3) is 2.65. The number of carboxylic acids is 1. The summed E-state index contributed by atoms with van der Waals surface area (Å²) in [6, 6.07) is 4.24. The fourth-order valence-corrected chi connectivity index (χ4v) is 2.20. The molecule has 2 rings (SSSR count). The van der Waals surface area contributed by atoms with Crippen molar-refractivity contribution in [1.82, 2.24) is 4.90 Å². The molecule has 0 atom stereocenters. The fourth-order valence-electron chi connectivity index (χ4n) is 2.20. The van der Waals surface area contributed by atoms with E-state index in [9.17, 15) is 19.1 Å². The van der Waals surface area contributed by atoms with E-state index in [0.717, 1.165) is 0 Å². The molecule has 0 aliphatic carbocycles. The predicted molar refractivity (Wildman–Crippen MR) is 68.9 cm³/mol. The molecule has 5 nitrogen and oxygen atoms in total. The third-order valence-electron chi connectivity index (χ3n) is 3.69. The van der Waals surface area contributed by atoms with Crippen LogP contribution in [-0.2, 0) is 4.79 Å². The molecule has 1 aromatic rings. The normalized spacial score (nSPS) is 17.9. The molecule has 1 heterocycles. The van der Waals surface area contributed by atoms with Gasteiger partial charge in [-0.3, -0.25) is 4.79 Å². The first kappa shape index (κ1) is 14.5. The van der Waals surface area contributed by atoms with Crippen LogP contribution in [0.4, 0.5) is 4.39 Å². The summed E-state index contributed by atoms with van der Waals surface area (Å²) in [4.78, 5) is 24.5. The average Bonchev–Trinajstić information content (AvgIpc) is 2.42. The molecule has 1 aliphatic heterocycles. The van der Waals surface area contributed by atoms with Gasteiger partial charge in [-0.2, -0.15) is 0 Å². The number of halogens is 1. The number of carbonyl (C=O) groups is 2. The number of carbonyl (C=O) groups excluding carboxylic acids is 1. The van der Waals surface area contributed by atoms with E-state index in [1.807, 2.05) is 0 Å². The highest BCUT2D eigenvalue weighted by atomic mass is 19.1.